The van der Waals surface area contributed by atoms with Crippen molar-refractivity contribution < 1.29 is 14.4 Å². The number of carbonyl (C=O) groups excluding carboxylic acids is 3. The second-order valence-electron chi connectivity index (χ2n) is 6.54. The molecular weight excluding hydrogens is 354 g/mol. The molecule has 148 valence electrons. The molecule has 0 fully saturated rings. The molecule has 0 saturated carbocycles. The molecule has 0 aliphatic rings. The largest absolute Gasteiger partial charge is 0.374 e. The number of rotatable bonds is 8. The van der Waals surface area contributed by atoms with Gasteiger partial charge in [-0.25, -0.2) is 0 Å². The summed E-state index contributed by atoms with van der Waals surface area (Å²) in [5.74, 6) is -0.217. The lowest BCUT2D eigenvalue weighted by atomic mass is 10.1. The van der Waals surface area contributed by atoms with E-state index in [1.54, 1.807) is 60.4 Å². The summed E-state index contributed by atoms with van der Waals surface area (Å²) in [6, 6.07) is 13.4. The first-order chi connectivity index (χ1) is 13.3. The summed E-state index contributed by atoms with van der Waals surface area (Å²) in [7, 11) is 0. The van der Waals surface area contributed by atoms with Crippen LogP contribution in [0.15, 0.2) is 48.5 Å². The van der Waals surface area contributed by atoms with Gasteiger partial charge >= 0.3 is 0 Å². The highest BCUT2D eigenvalue weighted by atomic mass is 16.2. The monoisotopic (exact) mass is 381 g/mol. The molecule has 28 heavy (non-hydrogen) atoms. The average Bonchev–Trinajstić information content (AvgIpc) is 2.69. The molecule has 0 aliphatic heterocycles. The van der Waals surface area contributed by atoms with E-state index in [1.165, 1.54) is 6.92 Å². The highest BCUT2D eigenvalue weighted by molar-refractivity contribution is 5.98. The number of nitrogens with zero attached hydrogens (tertiary/aromatic N) is 1. The van der Waals surface area contributed by atoms with Crippen LogP contribution >= 0.6 is 0 Å². The van der Waals surface area contributed by atoms with E-state index in [9.17, 15) is 14.4 Å². The number of Topliss-reactive ketones (excluding diaryl/α,β-unsaturated/α-hetero) is 1. The van der Waals surface area contributed by atoms with Gasteiger partial charge in [-0.2, -0.15) is 0 Å². The predicted molar refractivity (Wildman–Crippen MR) is 112 cm³/mol. The molecule has 2 aromatic rings. The van der Waals surface area contributed by atoms with E-state index < -0.39 is 6.04 Å². The molecule has 0 unspecified atom stereocenters. The molecule has 2 rings (SSSR count). The van der Waals surface area contributed by atoms with E-state index in [0.29, 0.717) is 29.9 Å². The summed E-state index contributed by atoms with van der Waals surface area (Å²) < 4.78 is 0. The third kappa shape index (κ3) is 5.42. The lowest BCUT2D eigenvalue weighted by Crippen LogP contribution is -2.32. The summed E-state index contributed by atoms with van der Waals surface area (Å²) in [6.45, 7) is 8.49. The number of ketones is 1. The maximum Gasteiger partial charge on any atom is 0.253 e. The lowest BCUT2D eigenvalue weighted by Gasteiger charge is -2.19. The molecule has 0 spiro atoms. The fraction of sp³-hybridized carbons (Fsp3) is 0.318. The second-order valence-corrected chi connectivity index (χ2v) is 6.54. The Labute approximate surface area is 165 Å². The average molecular weight is 381 g/mol. The Morgan fingerprint density at radius 2 is 1.36 bits per heavy atom. The van der Waals surface area contributed by atoms with Crippen LogP contribution in [0.4, 0.5) is 11.4 Å². The number of hydrogen-bond donors (Lipinski definition) is 2. The number of carbonyl (C=O) groups is 3. The van der Waals surface area contributed by atoms with Gasteiger partial charge in [0.1, 0.15) is 6.04 Å². The smallest absolute Gasteiger partial charge is 0.253 e. The maximum absolute atomic E-state index is 12.4. The third-order valence-corrected chi connectivity index (χ3v) is 4.52. The zero-order valence-electron chi connectivity index (χ0n) is 16.8. The van der Waals surface area contributed by atoms with Crippen molar-refractivity contribution in [3.05, 3.63) is 59.7 Å². The first-order valence-corrected chi connectivity index (χ1v) is 9.43. The number of hydrogen-bond acceptors (Lipinski definition) is 4. The molecule has 0 aliphatic carbocycles. The topological polar surface area (TPSA) is 78.5 Å². The molecule has 2 N–H and O–H groups in total. The highest BCUT2D eigenvalue weighted by Crippen LogP contribution is 2.14. The molecule has 1 atom stereocenters. The van der Waals surface area contributed by atoms with Crippen molar-refractivity contribution in [1.82, 2.24) is 4.90 Å². The summed E-state index contributed by atoms with van der Waals surface area (Å²) in [6.07, 6.45) is 0. The van der Waals surface area contributed by atoms with Crippen LogP contribution in [0, 0.1) is 0 Å². The van der Waals surface area contributed by atoms with Crippen molar-refractivity contribution in [1.29, 1.82) is 0 Å². The summed E-state index contributed by atoms with van der Waals surface area (Å²) in [5.41, 5.74) is 2.61. The summed E-state index contributed by atoms with van der Waals surface area (Å²) in [5, 5.41) is 5.94. The van der Waals surface area contributed by atoms with Gasteiger partial charge in [0, 0.05) is 35.6 Å². The van der Waals surface area contributed by atoms with Crippen LogP contribution in [0.5, 0.6) is 0 Å². The Kier molecular flexibility index (Phi) is 7.32. The van der Waals surface area contributed by atoms with Gasteiger partial charge in [-0.05, 0) is 76.2 Å². The fourth-order valence-electron chi connectivity index (χ4n) is 2.76. The van der Waals surface area contributed by atoms with Crippen LogP contribution < -0.4 is 10.6 Å². The van der Waals surface area contributed by atoms with Crippen molar-refractivity contribution >= 4 is 29.0 Å². The van der Waals surface area contributed by atoms with Crippen LogP contribution in [0.25, 0.3) is 0 Å². The number of benzene rings is 2. The zero-order valence-corrected chi connectivity index (χ0v) is 16.8. The van der Waals surface area contributed by atoms with Crippen molar-refractivity contribution in [2.45, 2.75) is 33.7 Å². The van der Waals surface area contributed by atoms with E-state index in [1.807, 2.05) is 13.8 Å². The molecular formula is C22H27N3O3. The van der Waals surface area contributed by atoms with Crippen molar-refractivity contribution in [2.24, 2.45) is 0 Å². The minimum atomic E-state index is -0.475. The third-order valence-electron chi connectivity index (χ3n) is 4.52. The Bertz CT molecular complexity index is 825. The minimum Gasteiger partial charge on any atom is -0.374 e. The zero-order chi connectivity index (χ0) is 20.7. The fourth-order valence-corrected chi connectivity index (χ4v) is 2.76. The molecule has 0 aromatic heterocycles. The van der Waals surface area contributed by atoms with Gasteiger partial charge in [-0.3, -0.25) is 14.4 Å². The first-order valence-electron chi connectivity index (χ1n) is 9.43. The SMILES string of the molecule is CCN(CC)C(=O)c1ccc(N[C@@H](C)C(=O)Nc2ccc(C(C)=O)cc2)cc1. The Hall–Kier alpha value is -3.15. The van der Waals surface area contributed by atoms with E-state index in [4.69, 9.17) is 0 Å². The molecule has 0 heterocycles. The van der Waals surface area contributed by atoms with Gasteiger partial charge < -0.3 is 15.5 Å². The van der Waals surface area contributed by atoms with Crippen LogP contribution in [0.2, 0.25) is 0 Å². The Morgan fingerprint density at radius 1 is 0.857 bits per heavy atom. The Morgan fingerprint density at radius 3 is 1.86 bits per heavy atom. The number of anilines is 2. The first kappa shape index (κ1) is 21.2. The molecule has 6 heteroatoms. The molecule has 0 saturated heterocycles. The molecule has 2 amide bonds. The molecule has 2 aromatic carbocycles. The minimum absolute atomic E-state index is 0.00338. The highest BCUT2D eigenvalue weighted by Gasteiger charge is 2.15. The van der Waals surface area contributed by atoms with Gasteiger partial charge in [-0.15, -0.1) is 0 Å². The quantitative estimate of drug-likeness (QED) is 0.682. The predicted octanol–water partition coefficient (Wildman–Crippen LogP) is 3.81. The lowest BCUT2D eigenvalue weighted by molar-refractivity contribution is -0.116. The van der Waals surface area contributed by atoms with Crippen molar-refractivity contribution in [3.8, 4) is 0 Å². The van der Waals surface area contributed by atoms with E-state index in [-0.39, 0.29) is 17.6 Å². The number of amides is 2. The molecule has 0 bridgehead atoms. The van der Waals surface area contributed by atoms with Gasteiger partial charge in [0.15, 0.2) is 5.78 Å². The Balaban J connectivity index is 1.96. The van der Waals surface area contributed by atoms with Crippen LogP contribution in [-0.2, 0) is 4.79 Å². The van der Waals surface area contributed by atoms with E-state index in [0.717, 1.165) is 5.69 Å². The van der Waals surface area contributed by atoms with Crippen molar-refractivity contribution in [3.63, 3.8) is 0 Å². The maximum atomic E-state index is 12.4. The standard InChI is InChI=1S/C22H27N3O3/c1-5-25(6-2)22(28)18-9-13-19(14-10-18)23-15(3)21(27)24-20-11-7-17(8-12-20)16(4)26/h7-15,23H,5-6H2,1-4H3,(H,24,27)/t15-/m0/s1. The van der Waals surface area contributed by atoms with Crippen LogP contribution in [0.3, 0.4) is 0 Å². The van der Waals surface area contributed by atoms with Gasteiger partial charge in [0.2, 0.25) is 5.91 Å². The van der Waals surface area contributed by atoms with Crippen molar-refractivity contribution in [2.75, 3.05) is 23.7 Å². The van der Waals surface area contributed by atoms with Gasteiger partial charge in [-0.1, -0.05) is 0 Å². The number of nitrogens with one attached hydrogen (secondary N) is 2. The molecule has 0 radical (unpaired) electrons. The second kappa shape index (κ2) is 9.69. The van der Waals surface area contributed by atoms with Crippen LogP contribution in [-0.4, -0.2) is 41.6 Å². The normalized spacial score (nSPS) is 11.4. The van der Waals surface area contributed by atoms with E-state index >= 15 is 0 Å². The summed E-state index contributed by atoms with van der Waals surface area (Å²) >= 11 is 0. The van der Waals surface area contributed by atoms with Gasteiger partial charge in [0.05, 0.1) is 0 Å². The summed E-state index contributed by atoms with van der Waals surface area (Å²) in [4.78, 5) is 37.8. The van der Waals surface area contributed by atoms with E-state index in [2.05, 4.69) is 10.6 Å². The molecule has 6 nitrogen and oxygen atoms in total. The van der Waals surface area contributed by atoms with Gasteiger partial charge in [0.25, 0.3) is 5.91 Å². The van der Waals surface area contributed by atoms with Crippen LogP contribution in [0.1, 0.15) is 48.4 Å².